The van der Waals surface area contributed by atoms with E-state index < -0.39 is 43.6 Å². The molecule has 2 aromatic carbocycles. The first-order chi connectivity index (χ1) is 20.1. The monoisotopic (exact) mass is 637 g/mol. The molecule has 12 heteroatoms. The molecule has 1 atom stereocenters. The second-order valence-electron chi connectivity index (χ2n) is 11.4. The Morgan fingerprint density at radius 1 is 0.837 bits per heavy atom. The number of carbonyl (C=O) groups excluding carboxylic acids is 2. The zero-order valence-electron chi connectivity index (χ0n) is 26.7. The van der Waals surface area contributed by atoms with Crippen LogP contribution in [0.3, 0.4) is 0 Å². The molecule has 1 aliphatic heterocycles. The summed E-state index contributed by atoms with van der Waals surface area (Å²) in [4.78, 5) is 29.6. The number of imide groups is 1. The van der Waals surface area contributed by atoms with Crippen LogP contribution in [0.5, 0.6) is 0 Å². The van der Waals surface area contributed by atoms with Gasteiger partial charge in [-0.05, 0) is 85.9 Å². The van der Waals surface area contributed by atoms with Crippen LogP contribution in [0.15, 0.2) is 42.5 Å². The molecule has 3 rings (SSSR count). The molecule has 2 amide bonds. The van der Waals surface area contributed by atoms with Crippen LogP contribution in [0.1, 0.15) is 77.1 Å². The average molecular weight is 638 g/mol. The maximum Gasteiger partial charge on any atom is 0.421 e. The van der Waals surface area contributed by atoms with Crippen LogP contribution in [0, 0.1) is 13.8 Å². The maximum absolute atomic E-state index is 14.9. The van der Waals surface area contributed by atoms with Crippen molar-refractivity contribution in [2.75, 3.05) is 31.3 Å². The van der Waals surface area contributed by atoms with Crippen molar-refractivity contribution in [2.45, 2.75) is 85.2 Å². The van der Waals surface area contributed by atoms with E-state index in [4.69, 9.17) is 22.8 Å². The summed E-state index contributed by atoms with van der Waals surface area (Å²) in [5, 5.41) is -1.52. The van der Waals surface area contributed by atoms with Crippen molar-refractivity contribution in [3.05, 3.63) is 64.7 Å². The number of rotatable bonds is 13. The minimum Gasteiger partial charge on any atom is -0.443 e. The topological polar surface area (TPSA) is 118 Å². The van der Waals surface area contributed by atoms with Crippen molar-refractivity contribution in [1.82, 2.24) is 0 Å². The molecule has 0 spiro atoms. The summed E-state index contributed by atoms with van der Waals surface area (Å²) in [6, 6.07) is 12.5. The van der Waals surface area contributed by atoms with E-state index in [1.807, 2.05) is 32.0 Å². The Hall–Kier alpha value is -2.32. The highest BCUT2D eigenvalue weighted by Gasteiger charge is 2.62. The number of fused-ring (bicyclic) bond motifs is 1. The van der Waals surface area contributed by atoms with Crippen LogP contribution >= 0.6 is 15.2 Å². The predicted molar refractivity (Wildman–Crippen MR) is 167 cm³/mol. The van der Waals surface area contributed by atoms with E-state index in [9.17, 15) is 18.7 Å². The normalized spacial score (nSPS) is 17.4. The third kappa shape index (κ3) is 7.16. The van der Waals surface area contributed by atoms with E-state index in [0.717, 1.165) is 16.0 Å². The van der Waals surface area contributed by atoms with Crippen LogP contribution in [0.2, 0.25) is 0 Å². The molecular formula is C31H45NO9P2. The number of hydrogen-bond acceptors (Lipinski definition) is 9. The molecule has 0 N–H and O–H groups in total. The standard InChI is InChI=1S/C31H45NO9P2/c1-10-37-42(35,38-11-2)27(43(36,39-12-3)40-13-4)21-31(24-19-22(5)18-23(6)20-24)25-16-14-15-17-26(25)32(28(31)33)29(34)41-30(7,8)9/h14-20,27H,10-13,21H2,1-9H3/t31-/m1/s1. The molecule has 2 aromatic rings. The number of carbonyl (C=O) groups is 2. The summed E-state index contributed by atoms with van der Waals surface area (Å²) in [6.07, 6.45) is -1.22. The first-order valence-corrected chi connectivity index (χ1v) is 17.9. The highest BCUT2D eigenvalue weighted by Crippen LogP contribution is 2.73. The second kappa shape index (κ2) is 13.8. The molecule has 0 bridgehead atoms. The fraction of sp³-hybridized carbons (Fsp3) is 0.548. The van der Waals surface area contributed by atoms with Crippen LogP contribution in [-0.4, -0.2) is 49.4 Å². The third-order valence-electron chi connectivity index (χ3n) is 6.92. The maximum atomic E-state index is 14.9. The van der Waals surface area contributed by atoms with Crippen molar-refractivity contribution in [3.8, 4) is 0 Å². The van der Waals surface area contributed by atoms with Gasteiger partial charge in [0.1, 0.15) is 11.0 Å². The number of benzene rings is 2. The average Bonchev–Trinajstić information content (AvgIpc) is 3.14. The highest BCUT2D eigenvalue weighted by molar-refractivity contribution is 7.72. The van der Waals surface area contributed by atoms with Crippen LogP contribution < -0.4 is 4.90 Å². The number of anilines is 1. The Morgan fingerprint density at radius 2 is 1.30 bits per heavy atom. The molecular weight excluding hydrogens is 592 g/mol. The Labute approximate surface area is 255 Å². The lowest BCUT2D eigenvalue weighted by Crippen LogP contribution is -2.47. The lowest BCUT2D eigenvalue weighted by Gasteiger charge is -2.38. The molecule has 0 unspecified atom stereocenters. The van der Waals surface area contributed by atoms with E-state index in [2.05, 4.69) is 0 Å². The van der Waals surface area contributed by atoms with Gasteiger partial charge in [0.2, 0.25) is 0 Å². The number of hydrogen-bond donors (Lipinski definition) is 0. The predicted octanol–water partition coefficient (Wildman–Crippen LogP) is 8.12. The Balaban J connectivity index is 2.45. The van der Waals surface area contributed by atoms with E-state index in [1.165, 1.54) is 0 Å². The number of aryl methyl sites for hydroxylation is 2. The third-order valence-corrected chi connectivity index (χ3v) is 12.9. The number of ether oxygens (including phenoxy) is 1. The smallest absolute Gasteiger partial charge is 0.421 e. The van der Waals surface area contributed by atoms with Gasteiger partial charge in [0.25, 0.3) is 5.91 Å². The van der Waals surface area contributed by atoms with Gasteiger partial charge in [-0.15, -0.1) is 0 Å². The molecule has 1 aliphatic rings. The fourth-order valence-electron chi connectivity index (χ4n) is 5.56. The fourth-order valence-corrected chi connectivity index (χ4v) is 11.0. The molecule has 0 aromatic heterocycles. The quantitative estimate of drug-likeness (QED) is 0.201. The number of amides is 2. The van der Waals surface area contributed by atoms with Crippen molar-refractivity contribution in [1.29, 1.82) is 0 Å². The minimum atomic E-state index is -4.27. The van der Waals surface area contributed by atoms with Gasteiger partial charge in [-0.3, -0.25) is 13.9 Å². The van der Waals surface area contributed by atoms with E-state index in [0.29, 0.717) is 16.8 Å². The zero-order chi connectivity index (χ0) is 32.2. The van der Waals surface area contributed by atoms with Crippen molar-refractivity contribution in [2.24, 2.45) is 0 Å². The first kappa shape index (κ1) is 35.2. The molecule has 43 heavy (non-hydrogen) atoms. The van der Waals surface area contributed by atoms with Gasteiger partial charge in [-0.1, -0.05) is 47.5 Å². The molecule has 0 radical (unpaired) electrons. The molecule has 0 saturated carbocycles. The lowest BCUT2D eigenvalue weighted by atomic mass is 9.72. The van der Waals surface area contributed by atoms with Crippen molar-refractivity contribution >= 4 is 32.9 Å². The van der Waals surface area contributed by atoms with Gasteiger partial charge >= 0.3 is 21.3 Å². The first-order valence-electron chi connectivity index (χ1n) is 14.7. The molecule has 238 valence electrons. The molecule has 10 nitrogen and oxygen atoms in total. The van der Waals surface area contributed by atoms with Gasteiger partial charge in [0, 0.05) is 0 Å². The zero-order valence-corrected chi connectivity index (χ0v) is 28.5. The van der Waals surface area contributed by atoms with Gasteiger partial charge in [0.15, 0.2) is 5.40 Å². The van der Waals surface area contributed by atoms with Crippen molar-refractivity contribution < 1.29 is 41.6 Å². The Kier molecular flexibility index (Phi) is 11.3. The summed E-state index contributed by atoms with van der Waals surface area (Å²) in [7, 11) is -8.53. The van der Waals surface area contributed by atoms with Gasteiger partial charge in [-0.2, -0.15) is 0 Å². The lowest BCUT2D eigenvalue weighted by molar-refractivity contribution is -0.121. The van der Waals surface area contributed by atoms with E-state index in [1.54, 1.807) is 72.7 Å². The van der Waals surface area contributed by atoms with E-state index in [-0.39, 0.29) is 32.8 Å². The summed E-state index contributed by atoms with van der Waals surface area (Å²) >= 11 is 0. The summed E-state index contributed by atoms with van der Waals surface area (Å²) < 4.78 is 58.0. The molecule has 0 fully saturated rings. The van der Waals surface area contributed by atoms with Crippen molar-refractivity contribution in [3.63, 3.8) is 0 Å². The number of nitrogens with zero attached hydrogens (tertiary/aromatic N) is 1. The Bertz CT molecular complexity index is 1350. The SMILES string of the molecule is CCOP(=O)(OCC)C(C[C@]1(c2cc(C)cc(C)c2)C(=O)N(C(=O)OC(C)(C)C)c2ccccc21)P(=O)(OCC)OCC. The summed E-state index contributed by atoms with van der Waals surface area (Å²) in [5.74, 6) is -0.642. The highest BCUT2D eigenvalue weighted by atomic mass is 31.2. The van der Waals surface area contributed by atoms with Gasteiger partial charge in [0.05, 0.1) is 32.1 Å². The largest absolute Gasteiger partial charge is 0.443 e. The van der Waals surface area contributed by atoms with Gasteiger partial charge < -0.3 is 22.8 Å². The van der Waals surface area contributed by atoms with Crippen LogP contribution in [0.4, 0.5) is 10.5 Å². The van der Waals surface area contributed by atoms with Gasteiger partial charge in [-0.25, -0.2) is 9.69 Å². The summed E-state index contributed by atoms with van der Waals surface area (Å²) in [5.41, 5.74) is 0.467. The Morgan fingerprint density at radius 3 is 1.74 bits per heavy atom. The summed E-state index contributed by atoms with van der Waals surface area (Å²) in [6.45, 7) is 15.5. The minimum absolute atomic E-state index is 0.0167. The van der Waals surface area contributed by atoms with Crippen LogP contribution in [-0.2, 0) is 42.2 Å². The van der Waals surface area contributed by atoms with E-state index >= 15 is 0 Å². The molecule has 1 heterocycles. The molecule has 0 saturated heterocycles. The number of para-hydroxylation sites is 1. The molecule has 0 aliphatic carbocycles. The second-order valence-corrected chi connectivity index (χ2v) is 16.2. The van der Waals surface area contributed by atoms with Crippen LogP contribution in [0.25, 0.3) is 0 Å².